The first-order chi connectivity index (χ1) is 9.13. The Labute approximate surface area is 113 Å². The van der Waals surface area contributed by atoms with Gasteiger partial charge in [-0.15, -0.1) is 0 Å². The van der Waals surface area contributed by atoms with Gasteiger partial charge < -0.3 is 14.6 Å². The van der Waals surface area contributed by atoms with Crippen LogP contribution < -0.4 is 4.74 Å². The number of methoxy groups -OCH3 is 1. The molecule has 0 aromatic heterocycles. The largest absolute Gasteiger partial charge is 0.490 e. The maximum absolute atomic E-state index is 9.88. The van der Waals surface area contributed by atoms with Gasteiger partial charge in [-0.1, -0.05) is 36.4 Å². The molecule has 0 bridgehead atoms. The molecule has 0 aliphatic heterocycles. The smallest absolute Gasteiger partial charge is 0.133 e. The van der Waals surface area contributed by atoms with Crippen LogP contribution in [0.2, 0.25) is 0 Å². The molecule has 0 fully saturated rings. The number of fused-ring (bicyclic) bond motifs is 1. The van der Waals surface area contributed by atoms with E-state index in [1.165, 1.54) is 0 Å². The minimum atomic E-state index is -0.558. The van der Waals surface area contributed by atoms with Gasteiger partial charge in [0, 0.05) is 18.1 Å². The monoisotopic (exact) mass is 260 g/mol. The summed E-state index contributed by atoms with van der Waals surface area (Å²) in [5.74, 6) is 0.747. The normalized spacial score (nSPS) is 14.3. The molecule has 0 amide bonds. The summed E-state index contributed by atoms with van der Waals surface area (Å²) in [5.41, 5.74) is 0.807. The SMILES string of the molecule is COC(C)COc1c([C@@H](C)O)ccc2ccccc12. The third-order valence-corrected chi connectivity index (χ3v) is 3.22. The highest BCUT2D eigenvalue weighted by molar-refractivity contribution is 5.89. The van der Waals surface area contributed by atoms with Gasteiger partial charge in [-0.25, -0.2) is 0 Å². The van der Waals surface area contributed by atoms with Crippen molar-refractivity contribution in [1.82, 2.24) is 0 Å². The first kappa shape index (κ1) is 13.8. The van der Waals surface area contributed by atoms with Gasteiger partial charge in [0.1, 0.15) is 12.4 Å². The third kappa shape index (κ3) is 3.06. The fourth-order valence-electron chi connectivity index (χ4n) is 2.02. The van der Waals surface area contributed by atoms with E-state index in [-0.39, 0.29) is 6.10 Å². The molecule has 0 aliphatic rings. The van der Waals surface area contributed by atoms with E-state index in [2.05, 4.69) is 0 Å². The second kappa shape index (κ2) is 6.04. The number of aliphatic hydroxyl groups excluding tert-OH is 1. The summed E-state index contributed by atoms with van der Waals surface area (Å²) in [7, 11) is 1.66. The van der Waals surface area contributed by atoms with Crippen LogP contribution in [-0.4, -0.2) is 24.9 Å². The van der Waals surface area contributed by atoms with Gasteiger partial charge in [0.25, 0.3) is 0 Å². The van der Waals surface area contributed by atoms with Crippen molar-refractivity contribution in [2.45, 2.75) is 26.1 Å². The Morgan fingerprint density at radius 3 is 2.53 bits per heavy atom. The summed E-state index contributed by atoms with van der Waals surface area (Å²) >= 11 is 0. The molecule has 0 spiro atoms. The summed E-state index contributed by atoms with van der Waals surface area (Å²) in [6.45, 7) is 4.16. The van der Waals surface area contributed by atoms with Crippen LogP contribution in [0.15, 0.2) is 36.4 Å². The molecule has 3 nitrogen and oxygen atoms in total. The predicted octanol–water partition coefficient (Wildman–Crippen LogP) is 3.31. The number of aliphatic hydroxyl groups is 1. The number of hydrogen-bond donors (Lipinski definition) is 1. The Hall–Kier alpha value is -1.58. The Morgan fingerprint density at radius 1 is 1.11 bits per heavy atom. The van der Waals surface area contributed by atoms with Gasteiger partial charge in [-0.3, -0.25) is 0 Å². The van der Waals surface area contributed by atoms with Gasteiger partial charge in [-0.05, 0) is 19.2 Å². The van der Waals surface area contributed by atoms with Gasteiger partial charge in [0.05, 0.1) is 12.2 Å². The van der Waals surface area contributed by atoms with Crippen LogP contribution in [0, 0.1) is 0 Å². The second-order valence-corrected chi connectivity index (χ2v) is 4.74. The van der Waals surface area contributed by atoms with E-state index in [0.29, 0.717) is 6.61 Å². The molecule has 2 rings (SSSR count). The van der Waals surface area contributed by atoms with Gasteiger partial charge in [0.2, 0.25) is 0 Å². The lowest BCUT2D eigenvalue weighted by Gasteiger charge is -2.18. The summed E-state index contributed by atoms with van der Waals surface area (Å²) in [4.78, 5) is 0. The molecule has 1 N–H and O–H groups in total. The first-order valence-electron chi connectivity index (χ1n) is 6.48. The molecule has 2 aromatic carbocycles. The van der Waals surface area contributed by atoms with Crippen LogP contribution in [0.3, 0.4) is 0 Å². The van der Waals surface area contributed by atoms with E-state index in [1.807, 2.05) is 43.3 Å². The molecule has 3 heteroatoms. The lowest BCUT2D eigenvalue weighted by atomic mass is 10.0. The maximum atomic E-state index is 9.88. The zero-order valence-corrected chi connectivity index (χ0v) is 11.6. The van der Waals surface area contributed by atoms with Crippen molar-refractivity contribution in [3.05, 3.63) is 42.0 Å². The average Bonchev–Trinajstić information content (AvgIpc) is 2.43. The van der Waals surface area contributed by atoms with E-state index in [0.717, 1.165) is 22.1 Å². The van der Waals surface area contributed by atoms with Crippen LogP contribution in [0.5, 0.6) is 5.75 Å². The van der Waals surface area contributed by atoms with E-state index >= 15 is 0 Å². The molecule has 0 heterocycles. The maximum Gasteiger partial charge on any atom is 0.133 e. The van der Waals surface area contributed by atoms with Crippen LogP contribution >= 0.6 is 0 Å². The van der Waals surface area contributed by atoms with Crippen molar-refractivity contribution in [2.24, 2.45) is 0 Å². The van der Waals surface area contributed by atoms with E-state index in [1.54, 1.807) is 14.0 Å². The second-order valence-electron chi connectivity index (χ2n) is 4.74. The number of rotatable bonds is 5. The van der Waals surface area contributed by atoms with Crippen LogP contribution in [-0.2, 0) is 4.74 Å². The van der Waals surface area contributed by atoms with Crippen molar-refractivity contribution in [1.29, 1.82) is 0 Å². The molecular formula is C16H20O3. The molecule has 0 aliphatic carbocycles. The lowest BCUT2D eigenvalue weighted by Crippen LogP contribution is -2.17. The van der Waals surface area contributed by atoms with Crippen molar-refractivity contribution < 1.29 is 14.6 Å². The lowest BCUT2D eigenvalue weighted by molar-refractivity contribution is 0.0706. The molecule has 0 saturated carbocycles. The molecule has 2 atom stereocenters. The molecule has 2 aromatic rings. The fourth-order valence-corrected chi connectivity index (χ4v) is 2.02. The number of hydrogen-bond acceptors (Lipinski definition) is 3. The van der Waals surface area contributed by atoms with Crippen molar-refractivity contribution in [2.75, 3.05) is 13.7 Å². The molecule has 0 radical (unpaired) electrons. The zero-order chi connectivity index (χ0) is 13.8. The quantitative estimate of drug-likeness (QED) is 0.896. The Bertz CT molecular complexity index is 549. The molecular weight excluding hydrogens is 240 g/mol. The van der Waals surface area contributed by atoms with Gasteiger partial charge in [0.15, 0.2) is 0 Å². The Morgan fingerprint density at radius 2 is 1.84 bits per heavy atom. The van der Waals surface area contributed by atoms with Crippen LogP contribution in [0.25, 0.3) is 10.8 Å². The Kier molecular flexibility index (Phi) is 4.40. The highest BCUT2D eigenvalue weighted by Crippen LogP contribution is 2.33. The highest BCUT2D eigenvalue weighted by Gasteiger charge is 2.14. The number of benzene rings is 2. The van der Waals surface area contributed by atoms with Crippen LogP contribution in [0.4, 0.5) is 0 Å². The zero-order valence-electron chi connectivity index (χ0n) is 11.6. The number of ether oxygens (including phenoxy) is 2. The van der Waals surface area contributed by atoms with E-state index in [4.69, 9.17) is 9.47 Å². The predicted molar refractivity (Wildman–Crippen MR) is 76.5 cm³/mol. The van der Waals surface area contributed by atoms with E-state index in [9.17, 15) is 5.11 Å². The van der Waals surface area contributed by atoms with Crippen molar-refractivity contribution in [3.63, 3.8) is 0 Å². The van der Waals surface area contributed by atoms with Crippen LogP contribution in [0.1, 0.15) is 25.5 Å². The topological polar surface area (TPSA) is 38.7 Å². The van der Waals surface area contributed by atoms with Gasteiger partial charge in [-0.2, -0.15) is 0 Å². The summed E-state index contributed by atoms with van der Waals surface area (Å²) < 4.78 is 11.1. The van der Waals surface area contributed by atoms with Crippen molar-refractivity contribution >= 4 is 10.8 Å². The summed E-state index contributed by atoms with van der Waals surface area (Å²) in [6.07, 6.45) is -0.543. The molecule has 19 heavy (non-hydrogen) atoms. The van der Waals surface area contributed by atoms with E-state index < -0.39 is 6.10 Å². The van der Waals surface area contributed by atoms with Gasteiger partial charge >= 0.3 is 0 Å². The highest BCUT2D eigenvalue weighted by atomic mass is 16.5. The average molecular weight is 260 g/mol. The Balaban J connectivity index is 2.43. The fraction of sp³-hybridized carbons (Fsp3) is 0.375. The standard InChI is InChI=1S/C16H20O3/c1-11(18-3)10-19-16-14(12(2)17)9-8-13-6-4-5-7-15(13)16/h4-9,11-12,17H,10H2,1-3H3/t11?,12-/m1/s1. The molecule has 1 unspecified atom stereocenters. The summed E-state index contributed by atoms with van der Waals surface area (Å²) in [5, 5.41) is 12.0. The molecule has 0 saturated heterocycles. The molecule has 102 valence electrons. The minimum absolute atomic E-state index is 0.0146. The minimum Gasteiger partial charge on any atom is -0.490 e. The summed E-state index contributed by atoms with van der Waals surface area (Å²) in [6, 6.07) is 11.9. The first-order valence-corrected chi connectivity index (χ1v) is 6.48. The third-order valence-electron chi connectivity index (χ3n) is 3.22. The van der Waals surface area contributed by atoms with Crippen molar-refractivity contribution in [3.8, 4) is 5.75 Å².